The lowest BCUT2D eigenvalue weighted by Gasteiger charge is -2.31. The molecule has 2 aromatic rings. The number of rotatable bonds is 10. The van der Waals surface area contributed by atoms with Crippen LogP contribution in [0.2, 0.25) is 5.02 Å². The number of halogens is 1. The molecule has 0 bridgehead atoms. The van der Waals surface area contributed by atoms with Crippen molar-refractivity contribution in [2.24, 2.45) is 11.7 Å². The van der Waals surface area contributed by atoms with Crippen LogP contribution >= 0.6 is 23.8 Å². The third-order valence-electron chi connectivity index (χ3n) is 7.02. The first-order valence-electron chi connectivity index (χ1n) is 12.6. The Morgan fingerprint density at radius 3 is 2.34 bits per heavy atom. The lowest BCUT2D eigenvalue weighted by molar-refractivity contribution is -0.124. The molecule has 3 N–H and O–H groups in total. The lowest BCUT2D eigenvalue weighted by atomic mass is 9.96. The fourth-order valence-electron chi connectivity index (χ4n) is 4.88. The number of piperidine rings is 1. The number of nitrogens with zero attached hydrogens (tertiary/aromatic N) is 3. The number of nitrogens with two attached hydrogens (primary N) is 1. The maximum atomic E-state index is 13.6. The number of hydrogen-bond acceptors (Lipinski definition) is 6. The van der Waals surface area contributed by atoms with Crippen molar-refractivity contribution in [2.45, 2.75) is 31.7 Å². The third kappa shape index (κ3) is 6.61. The van der Waals surface area contributed by atoms with E-state index >= 15 is 0 Å². The molecule has 9 nitrogen and oxygen atoms in total. The van der Waals surface area contributed by atoms with E-state index in [4.69, 9.17) is 34.3 Å². The van der Waals surface area contributed by atoms with Gasteiger partial charge < -0.3 is 25.6 Å². The van der Waals surface area contributed by atoms with Crippen LogP contribution in [0.3, 0.4) is 0 Å². The summed E-state index contributed by atoms with van der Waals surface area (Å²) < 4.78 is 5.16. The van der Waals surface area contributed by atoms with E-state index in [-0.39, 0.29) is 30.1 Å². The first-order valence-corrected chi connectivity index (χ1v) is 13.4. The largest absolute Gasteiger partial charge is 0.497 e. The van der Waals surface area contributed by atoms with Crippen molar-refractivity contribution in [3.63, 3.8) is 0 Å². The second-order valence-corrected chi connectivity index (χ2v) is 10.3. The van der Waals surface area contributed by atoms with Crippen molar-refractivity contribution in [2.75, 3.05) is 43.5 Å². The molecule has 0 radical (unpaired) electrons. The van der Waals surface area contributed by atoms with Crippen LogP contribution in [0.15, 0.2) is 48.5 Å². The summed E-state index contributed by atoms with van der Waals surface area (Å²) in [5.41, 5.74) is 6.68. The van der Waals surface area contributed by atoms with Gasteiger partial charge in [-0.15, -0.1) is 0 Å². The molecule has 3 amide bonds. The van der Waals surface area contributed by atoms with E-state index in [1.54, 1.807) is 55.6 Å². The van der Waals surface area contributed by atoms with Crippen molar-refractivity contribution >= 4 is 58.0 Å². The van der Waals surface area contributed by atoms with Gasteiger partial charge >= 0.3 is 0 Å². The van der Waals surface area contributed by atoms with Crippen LogP contribution in [0.4, 0.5) is 11.4 Å². The van der Waals surface area contributed by atoms with Gasteiger partial charge in [0.1, 0.15) is 11.8 Å². The van der Waals surface area contributed by atoms with Crippen molar-refractivity contribution in [3.8, 4) is 5.75 Å². The number of hydrogen-bond donors (Lipinski definition) is 2. The van der Waals surface area contributed by atoms with E-state index in [0.29, 0.717) is 33.8 Å². The number of primary amides is 1. The van der Waals surface area contributed by atoms with Gasteiger partial charge in [0, 0.05) is 23.2 Å². The van der Waals surface area contributed by atoms with Gasteiger partial charge in [-0.3, -0.25) is 19.3 Å². The summed E-state index contributed by atoms with van der Waals surface area (Å²) in [6.45, 7) is 2.93. The molecule has 1 unspecified atom stereocenters. The van der Waals surface area contributed by atoms with E-state index < -0.39 is 6.04 Å². The minimum absolute atomic E-state index is 0.0426. The molecule has 1 atom stereocenters. The molecule has 0 saturated carbocycles. The van der Waals surface area contributed by atoms with Gasteiger partial charge in [-0.05, 0) is 99.6 Å². The average Bonchev–Trinajstić information content (AvgIpc) is 3.14. The summed E-state index contributed by atoms with van der Waals surface area (Å²) >= 11 is 11.8. The molecule has 2 saturated heterocycles. The van der Waals surface area contributed by atoms with E-state index in [1.807, 2.05) is 4.90 Å². The number of nitrogens with one attached hydrogen (secondary N) is 1. The summed E-state index contributed by atoms with van der Waals surface area (Å²) in [4.78, 5) is 43.6. The SMILES string of the molecule is COc1ccc(NC(=O)CC2C(=O)N(c3ccc(Cl)cc3)C(=S)N2CCCN2CCC(C(N)=O)CC2)cc1. The zero-order valence-corrected chi connectivity index (χ0v) is 22.8. The van der Waals surface area contributed by atoms with Crippen LogP contribution in [0.1, 0.15) is 25.7 Å². The van der Waals surface area contributed by atoms with Crippen LogP contribution < -0.4 is 20.7 Å². The number of methoxy groups -OCH3 is 1. The molecule has 2 aliphatic heterocycles. The molecular weight excluding hydrogens is 526 g/mol. The number of carbonyl (C=O) groups is 3. The lowest BCUT2D eigenvalue weighted by Crippen LogP contribution is -2.41. The van der Waals surface area contributed by atoms with Crippen LogP contribution in [-0.2, 0) is 14.4 Å². The summed E-state index contributed by atoms with van der Waals surface area (Å²) in [6, 6.07) is 13.2. The molecule has 0 aliphatic carbocycles. The number of likely N-dealkylation sites (tertiary alicyclic amines) is 1. The van der Waals surface area contributed by atoms with E-state index in [9.17, 15) is 14.4 Å². The smallest absolute Gasteiger partial charge is 0.256 e. The maximum Gasteiger partial charge on any atom is 0.256 e. The predicted octanol–water partition coefficient (Wildman–Crippen LogP) is 3.27. The fraction of sp³-hybridized carbons (Fsp3) is 0.407. The second kappa shape index (κ2) is 12.6. The number of anilines is 2. The van der Waals surface area contributed by atoms with Crippen molar-refractivity contribution in [1.82, 2.24) is 9.80 Å². The fourth-order valence-corrected chi connectivity index (χ4v) is 5.42. The first-order chi connectivity index (χ1) is 18.3. The van der Waals surface area contributed by atoms with E-state index in [0.717, 1.165) is 38.9 Å². The summed E-state index contributed by atoms with van der Waals surface area (Å²) in [6.07, 6.45) is 2.22. The molecule has 2 aliphatic rings. The van der Waals surface area contributed by atoms with Crippen LogP contribution in [0, 0.1) is 5.92 Å². The van der Waals surface area contributed by atoms with Crippen LogP contribution in [0.25, 0.3) is 0 Å². The summed E-state index contributed by atoms with van der Waals surface area (Å²) in [5, 5.41) is 3.78. The third-order valence-corrected chi connectivity index (χ3v) is 7.69. The molecule has 11 heteroatoms. The van der Waals surface area contributed by atoms with Crippen LogP contribution in [0.5, 0.6) is 5.75 Å². The minimum atomic E-state index is -0.725. The molecule has 4 rings (SSSR count). The quantitative estimate of drug-likeness (QED) is 0.432. The van der Waals surface area contributed by atoms with Gasteiger partial charge in [-0.1, -0.05) is 11.6 Å². The van der Waals surface area contributed by atoms with Crippen molar-refractivity contribution in [1.29, 1.82) is 0 Å². The van der Waals surface area contributed by atoms with Crippen LogP contribution in [-0.4, -0.2) is 72.0 Å². The number of thiocarbonyl (C=S) groups is 1. The van der Waals surface area contributed by atoms with Gasteiger partial charge in [0.15, 0.2) is 5.11 Å². The summed E-state index contributed by atoms with van der Waals surface area (Å²) in [7, 11) is 1.58. The highest BCUT2D eigenvalue weighted by molar-refractivity contribution is 7.80. The number of benzene rings is 2. The molecule has 38 heavy (non-hydrogen) atoms. The Labute approximate surface area is 232 Å². The first kappa shape index (κ1) is 27.8. The Morgan fingerprint density at radius 2 is 1.74 bits per heavy atom. The Morgan fingerprint density at radius 1 is 1.08 bits per heavy atom. The highest BCUT2D eigenvalue weighted by atomic mass is 35.5. The van der Waals surface area contributed by atoms with E-state index in [2.05, 4.69) is 10.2 Å². The number of ether oxygens (including phenoxy) is 1. The van der Waals surface area contributed by atoms with Crippen molar-refractivity contribution < 1.29 is 19.1 Å². The molecule has 202 valence electrons. The number of carbonyl (C=O) groups excluding carboxylic acids is 3. The second-order valence-electron chi connectivity index (χ2n) is 9.49. The molecule has 0 aromatic heterocycles. The Bertz CT molecular complexity index is 1170. The zero-order chi connectivity index (χ0) is 27.2. The van der Waals surface area contributed by atoms with Gasteiger partial charge in [-0.25, -0.2) is 0 Å². The molecule has 2 aromatic carbocycles. The standard InChI is InChI=1S/C27H32ClN5O4S/c1-37-22-9-5-20(6-10-22)30-24(34)17-23-26(36)33(21-7-3-19(28)4-8-21)27(38)32(23)14-2-13-31-15-11-18(12-16-31)25(29)35/h3-10,18,23H,2,11-17H2,1H3,(H2,29,35)(H,30,34). The normalized spacial score (nSPS) is 18.6. The maximum absolute atomic E-state index is 13.6. The molecule has 0 spiro atoms. The molecular formula is C27H32ClN5O4S. The minimum Gasteiger partial charge on any atom is -0.497 e. The van der Waals surface area contributed by atoms with Gasteiger partial charge in [-0.2, -0.15) is 0 Å². The average molecular weight is 558 g/mol. The monoisotopic (exact) mass is 557 g/mol. The molecule has 2 heterocycles. The van der Waals surface area contributed by atoms with E-state index in [1.165, 1.54) is 4.90 Å². The topological polar surface area (TPSA) is 108 Å². The highest BCUT2D eigenvalue weighted by Crippen LogP contribution is 2.29. The van der Waals surface area contributed by atoms with Crippen molar-refractivity contribution in [3.05, 3.63) is 53.6 Å². The zero-order valence-electron chi connectivity index (χ0n) is 21.3. The highest BCUT2D eigenvalue weighted by Gasteiger charge is 2.44. The Kier molecular flexibility index (Phi) is 9.19. The van der Waals surface area contributed by atoms with Gasteiger partial charge in [0.25, 0.3) is 5.91 Å². The Hall–Kier alpha value is -3.21. The van der Waals surface area contributed by atoms with Gasteiger partial charge in [0.05, 0.1) is 19.2 Å². The van der Waals surface area contributed by atoms with Gasteiger partial charge in [0.2, 0.25) is 11.8 Å². The predicted molar refractivity (Wildman–Crippen MR) is 151 cm³/mol. The molecule has 2 fully saturated rings. The summed E-state index contributed by atoms with van der Waals surface area (Å²) in [5.74, 6) is -0.139. The number of amides is 3. The Balaban J connectivity index is 1.43.